The topological polar surface area (TPSA) is 12.5 Å². The molecule has 0 saturated carbocycles. The molecule has 0 aromatic carbocycles. The predicted octanol–water partition coefficient (Wildman–Crippen LogP) is 3.31. The lowest BCUT2D eigenvalue weighted by Crippen LogP contribution is -2.45. The SMILES string of the molecule is CCN(CC)CC(CC)(CC)OC(C)C. The highest BCUT2D eigenvalue weighted by atomic mass is 16.5. The van der Waals surface area contributed by atoms with Gasteiger partial charge in [-0.1, -0.05) is 27.7 Å². The Bertz CT molecular complexity index is 149. The van der Waals surface area contributed by atoms with Gasteiger partial charge in [-0.3, -0.25) is 0 Å². The highest BCUT2D eigenvalue weighted by molar-refractivity contribution is 4.82. The molecule has 92 valence electrons. The van der Waals surface area contributed by atoms with E-state index in [1.807, 2.05) is 0 Å². The van der Waals surface area contributed by atoms with E-state index < -0.39 is 0 Å². The Labute approximate surface area is 96.0 Å². The maximum atomic E-state index is 6.13. The van der Waals surface area contributed by atoms with Crippen molar-refractivity contribution in [3.63, 3.8) is 0 Å². The number of likely N-dealkylation sites (N-methyl/N-ethyl adjacent to an activating group) is 1. The summed E-state index contributed by atoms with van der Waals surface area (Å²) in [7, 11) is 0. The van der Waals surface area contributed by atoms with E-state index in [0.717, 1.165) is 32.5 Å². The first-order chi connectivity index (χ1) is 7.03. The second kappa shape index (κ2) is 7.24. The standard InChI is InChI=1S/C13H29NO/c1-7-13(8-2,15-12(5)6)11-14(9-3)10-4/h12H,7-11H2,1-6H3. The van der Waals surface area contributed by atoms with Crippen molar-refractivity contribution in [1.82, 2.24) is 4.90 Å². The monoisotopic (exact) mass is 215 g/mol. The zero-order chi connectivity index (χ0) is 11.9. The second-order valence-electron chi connectivity index (χ2n) is 4.52. The number of hydrogen-bond donors (Lipinski definition) is 0. The minimum atomic E-state index is 0.0557. The van der Waals surface area contributed by atoms with Gasteiger partial charge in [0.05, 0.1) is 11.7 Å². The van der Waals surface area contributed by atoms with E-state index in [-0.39, 0.29) is 5.60 Å². The van der Waals surface area contributed by atoms with E-state index in [1.165, 1.54) is 0 Å². The molecule has 0 unspecified atom stereocenters. The van der Waals surface area contributed by atoms with E-state index in [2.05, 4.69) is 46.4 Å². The summed E-state index contributed by atoms with van der Waals surface area (Å²) >= 11 is 0. The summed E-state index contributed by atoms with van der Waals surface area (Å²) < 4.78 is 6.13. The summed E-state index contributed by atoms with van der Waals surface area (Å²) in [5.41, 5.74) is 0.0557. The van der Waals surface area contributed by atoms with E-state index >= 15 is 0 Å². The summed E-state index contributed by atoms with van der Waals surface area (Å²) in [6, 6.07) is 0. The molecule has 15 heavy (non-hydrogen) atoms. The fraction of sp³-hybridized carbons (Fsp3) is 1.00. The van der Waals surface area contributed by atoms with Gasteiger partial charge in [-0.25, -0.2) is 0 Å². The van der Waals surface area contributed by atoms with E-state index in [0.29, 0.717) is 6.10 Å². The smallest absolute Gasteiger partial charge is 0.0807 e. The Morgan fingerprint density at radius 1 is 1.00 bits per heavy atom. The van der Waals surface area contributed by atoms with Gasteiger partial charge < -0.3 is 9.64 Å². The maximum Gasteiger partial charge on any atom is 0.0807 e. The zero-order valence-electron chi connectivity index (χ0n) is 11.5. The van der Waals surface area contributed by atoms with E-state index in [1.54, 1.807) is 0 Å². The van der Waals surface area contributed by atoms with Crippen molar-refractivity contribution in [2.24, 2.45) is 0 Å². The number of ether oxygens (including phenoxy) is 1. The molecule has 0 rings (SSSR count). The number of nitrogens with zero attached hydrogens (tertiary/aromatic N) is 1. The van der Waals surface area contributed by atoms with Crippen molar-refractivity contribution in [2.75, 3.05) is 19.6 Å². The molecule has 0 amide bonds. The Morgan fingerprint density at radius 3 is 1.73 bits per heavy atom. The molecule has 0 atom stereocenters. The Kier molecular flexibility index (Phi) is 7.20. The molecule has 2 heteroatoms. The fourth-order valence-electron chi connectivity index (χ4n) is 2.03. The van der Waals surface area contributed by atoms with E-state index in [9.17, 15) is 0 Å². The second-order valence-corrected chi connectivity index (χ2v) is 4.52. The van der Waals surface area contributed by atoms with Crippen LogP contribution in [-0.2, 0) is 4.74 Å². The molecule has 2 nitrogen and oxygen atoms in total. The van der Waals surface area contributed by atoms with Crippen LogP contribution in [0.1, 0.15) is 54.4 Å². The van der Waals surface area contributed by atoms with Crippen molar-refractivity contribution < 1.29 is 4.74 Å². The third-order valence-corrected chi connectivity index (χ3v) is 3.18. The Balaban J connectivity index is 4.47. The molecule has 0 aliphatic rings. The van der Waals surface area contributed by atoms with Crippen LogP contribution in [0.3, 0.4) is 0 Å². The van der Waals surface area contributed by atoms with Gasteiger partial charge in [0.2, 0.25) is 0 Å². The molecule has 0 aromatic rings. The average molecular weight is 215 g/mol. The van der Waals surface area contributed by atoms with Crippen molar-refractivity contribution in [1.29, 1.82) is 0 Å². The van der Waals surface area contributed by atoms with Crippen molar-refractivity contribution in [2.45, 2.75) is 66.1 Å². The van der Waals surface area contributed by atoms with Crippen molar-refractivity contribution in [3.8, 4) is 0 Å². The first kappa shape index (κ1) is 14.9. The van der Waals surface area contributed by atoms with Crippen molar-refractivity contribution >= 4 is 0 Å². The largest absolute Gasteiger partial charge is 0.371 e. The summed E-state index contributed by atoms with van der Waals surface area (Å²) in [4.78, 5) is 2.45. The lowest BCUT2D eigenvalue weighted by molar-refractivity contribution is -0.100. The number of rotatable bonds is 8. The van der Waals surface area contributed by atoms with Gasteiger partial charge in [0.1, 0.15) is 0 Å². The van der Waals surface area contributed by atoms with Crippen LogP contribution in [-0.4, -0.2) is 36.2 Å². The number of hydrogen-bond acceptors (Lipinski definition) is 2. The molecule has 0 bridgehead atoms. The third kappa shape index (κ3) is 4.98. The molecule has 0 radical (unpaired) electrons. The van der Waals surface area contributed by atoms with Crippen LogP contribution >= 0.6 is 0 Å². The molecular formula is C13H29NO. The van der Waals surface area contributed by atoms with Crippen LogP contribution in [0.5, 0.6) is 0 Å². The van der Waals surface area contributed by atoms with Crippen LogP contribution in [0.4, 0.5) is 0 Å². The average Bonchev–Trinajstić information content (AvgIpc) is 2.23. The predicted molar refractivity (Wildman–Crippen MR) is 67.3 cm³/mol. The molecule has 0 fully saturated rings. The van der Waals surface area contributed by atoms with Crippen LogP contribution in [0.25, 0.3) is 0 Å². The normalized spacial score (nSPS) is 12.8. The van der Waals surface area contributed by atoms with Crippen LogP contribution < -0.4 is 0 Å². The Hall–Kier alpha value is -0.0800. The summed E-state index contributed by atoms with van der Waals surface area (Å²) in [6.07, 6.45) is 2.51. The maximum absolute atomic E-state index is 6.13. The van der Waals surface area contributed by atoms with Gasteiger partial charge in [0.25, 0.3) is 0 Å². The van der Waals surface area contributed by atoms with Crippen LogP contribution in [0, 0.1) is 0 Å². The van der Waals surface area contributed by atoms with Gasteiger partial charge in [0.15, 0.2) is 0 Å². The quantitative estimate of drug-likeness (QED) is 0.616. The summed E-state index contributed by atoms with van der Waals surface area (Å²) in [5, 5.41) is 0. The minimum absolute atomic E-state index is 0.0557. The molecule has 0 heterocycles. The Morgan fingerprint density at radius 2 is 1.47 bits per heavy atom. The van der Waals surface area contributed by atoms with Gasteiger partial charge in [-0.15, -0.1) is 0 Å². The summed E-state index contributed by atoms with van der Waals surface area (Å²) in [5.74, 6) is 0. The van der Waals surface area contributed by atoms with E-state index in [4.69, 9.17) is 4.74 Å². The molecule has 0 N–H and O–H groups in total. The lowest BCUT2D eigenvalue weighted by Gasteiger charge is -2.38. The van der Waals surface area contributed by atoms with Crippen LogP contribution in [0.15, 0.2) is 0 Å². The first-order valence-electron chi connectivity index (χ1n) is 6.43. The molecule has 0 saturated heterocycles. The van der Waals surface area contributed by atoms with Crippen LogP contribution in [0.2, 0.25) is 0 Å². The van der Waals surface area contributed by atoms with Gasteiger partial charge >= 0.3 is 0 Å². The lowest BCUT2D eigenvalue weighted by atomic mass is 9.95. The minimum Gasteiger partial charge on any atom is -0.371 e. The summed E-state index contributed by atoms with van der Waals surface area (Å²) in [6.45, 7) is 16.4. The third-order valence-electron chi connectivity index (χ3n) is 3.18. The van der Waals surface area contributed by atoms with Crippen molar-refractivity contribution in [3.05, 3.63) is 0 Å². The zero-order valence-corrected chi connectivity index (χ0v) is 11.5. The highest BCUT2D eigenvalue weighted by Crippen LogP contribution is 2.23. The molecular weight excluding hydrogens is 186 g/mol. The molecule has 0 aliphatic carbocycles. The van der Waals surface area contributed by atoms with Gasteiger partial charge in [-0.05, 0) is 39.8 Å². The van der Waals surface area contributed by atoms with Gasteiger partial charge in [0, 0.05) is 6.54 Å². The molecule has 0 aromatic heterocycles. The first-order valence-corrected chi connectivity index (χ1v) is 6.43. The highest BCUT2D eigenvalue weighted by Gasteiger charge is 2.29. The molecule has 0 spiro atoms. The molecule has 0 aliphatic heterocycles. The van der Waals surface area contributed by atoms with Gasteiger partial charge in [-0.2, -0.15) is 0 Å². The fourth-order valence-corrected chi connectivity index (χ4v) is 2.03.